The average Bonchev–Trinajstić information content (AvgIpc) is 3.26. The first kappa shape index (κ1) is 18.1. The summed E-state index contributed by atoms with van der Waals surface area (Å²) in [6.07, 6.45) is 3.10. The Morgan fingerprint density at radius 2 is 2.07 bits per heavy atom. The van der Waals surface area contributed by atoms with Crippen molar-refractivity contribution in [1.29, 1.82) is 0 Å². The lowest BCUT2D eigenvalue weighted by molar-refractivity contribution is -0.127. The number of pyridine rings is 1. The van der Waals surface area contributed by atoms with E-state index in [1.807, 2.05) is 36.6 Å². The lowest BCUT2D eigenvalue weighted by Gasteiger charge is -2.30. The molecule has 0 saturated heterocycles. The molecule has 2 aromatic heterocycles. The highest BCUT2D eigenvalue weighted by Gasteiger charge is 2.32. The number of carbonyl (C=O) groups is 2. The molecule has 0 aliphatic carbocycles. The summed E-state index contributed by atoms with van der Waals surface area (Å²) < 4.78 is 5.93. The van der Waals surface area contributed by atoms with Crippen molar-refractivity contribution in [2.24, 2.45) is 0 Å². The minimum atomic E-state index is -0.716. The Labute approximate surface area is 166 Å². The molecule has 3 heterocycles. The van der Waals surface area contributed by atoms with Crippen molar-refractivity contribution in [2.45, 2.75) is 19.4 Å². The fraction of sp³-hybridized carbons (Fsp3) is 0.200. The van der Waals surface area contributed by atoms with Crippen LogP contribution in [0.25, 0.3) is 10.6 Å². The average molecular weight is 394 g/mol. The molecule has 0 bridgehead atoms. The van der Waals surface area contributed by atoms with Crippen molar-refractivity contribution in [3.63, 3.8) is 0 Å². The molecule has 4 rings (SSSR count). The predicted octanol–water partition coefficient (Wildman–Crippen LogP) is 3.35. The maximum absolute atomic E-state index is 13.1. The quantitative estimate of drug-likeness (QED) is 0.717. The number of fused-ring (bicyclic) bond motifs is 1. The van der Waals surface area contributed by atoms with Gasteiger partial charge in [-0.1, -0.05) is 6.92 Å². The SMILES string of the molecule is CCC(Oc1ccc(-c2nccs2)cc1)C(=O)N1CC(=O)Nc2cccnc21. The van der Waals surface area contributed by atoms with Gasteiger partial charge in [0.2, 0.25) is 5.91 Å². The number of thiazole rings is 1. The third-order valence-electron chi connectivity index (χ3n) is 4.34. The van der Waals surface area contributed by atoms with Gasteiger partial charge < -0.3 is 10.1 Å². The molecule has 0 saturated carbocycles. The zero-order valence-corrected chi connectivity index (χ0v) is 16.0. The molecule has 142 valence electrons. The summed E-state index contributed by atoms with van der Waals surface area (Å²) in [5, 5.41) is 5.58. The van der Waals surface area contributed by atoms with Crippen LogP contribution in [-0.2, 0) is 9.59 Å². The summed E-state index contributed by atoms with van der Waals surface area (Å²) in [5.41, 5.74) is 1.52. The molecule has 0 spiro atoms. The van der Waals surface area contributed by atoms with E-state index in [1.165, 1.54) is 4.90 Å². The van der Waals surface area contributed by atoms with Gasteiger partial charge in [-0.2, -0.15) is 0 Å². The zero-order valence-electron chi connectivity index (χ0n) is 15.2. The monoisotopic (exact) mass is 394 g/mol. The third-order valence-corrected chi connectivity index (χ3v) is 5.16. The number of nitrogens with one attached hydrogen (secondary N) is 1. The van der Waals surface area contributed by atoms with E-state index in [-0.39, 0.29) is 18.4 Å². The number of rotatable bonds is 5. The zero-order chi connectivity index (χ0) is 19.5. The van der Waals surface area contributed by atoms with Crippen LogP contribution >= 0.6 is 11.3 Å². The molecule has 7 nitrogen and oxygen atoms in total. The van der Waals surface area contributed by atoms with E-state index in [1.54, 1.807) is 35.9 Å². The van der Waals surface area contributed by atoms with Gasteiger partial charge in [0.1, 0.15) is 17.3 Å². The minimum absolute atomic E-state index is 0.0777. The molecule has 1 atom stereocenters. The van der Waals surface area contributed by atoms with Crippen LogP contribution in [0.3, 0.4) is 0 Å². The maximum atomic E-state index is 13.1. The summed E-state index contributed by atoms with van der Waals surface area (Å²) in [4.78, 5) is 35.0. The van der Waals surface area contributed by atoms with E-state index in [0.29, 0.717) is 23.7 Å². The fourth-order valence-corrected chi connectivity index (χ4v) is 3.63. The molecule has 28 heavy (non-hydrogen) atoms. The lowest BCUT2D eigenvalue weighted by atomic mass is 10.2. The Kier molecular flexibility index (Phi) is 5.03. The molecular weight excluding hydrogens is 376 g/mol. The van der Waals surface area contributed by atoms with Crippen molar-refractivity contribution in [2.75, 3.05) is 16.8 Å². The van der Waals surface area contributed by atoms with E-state index in [2.05, 4.69) is 15.3 Å². The van der Waals surface area contributed by atoms with Gasteiger partial charge in [0.05, 0.1) is 5.69 Å². The highest BCUT2D eigenvalue weighted by Crippen LogP contribution is 2.28. The summed E-state index contributed by atoms with van der Waals surface area (Å²) in [6.45, 7) is 1.79. The molecule has 0 radical (unpaired) electrons. The number of benzene rings is 1. The second-order valence-corrected chi connectivity index (χ2v) is 7.12. The Morgan fingerprint density at radius 1 is 1.25 bits per heavy atom. The standard InChI is InChI=1S/C20H18N4O3S/c1-2-16(27-14-7-5-13(6-8-14)19-22-10-11-28-19)20(26)24-12-17(25)23-15-4-3-9-21-18(15)24/h3-11,16H,2,12H2,1H3,(H,23,25). The number of ether oxygens (including phenoxy) is 1. The minimum Gasteiger partial charge on any atom is -0.481 e. The number of aromatic nitrogens is 2. The first-order valence-corrected chi connectivity index (χ1v) is 9.76. The Hall–Kier alpha value is -3.26. The van der Waals surface area contributed by atoms with Gasteiger partial charge in [0.15, 0.2) is 11.9 Å². The van der Waals surface area contributed by atoms with Crippen molar-refractivity contribution in [3.8, 4) is 16.3 Å². The van der Waals surface area contributed by atoms with Crippen molar-refractivity contribution < 1.29 is 14.3 Å². The van der Waals surface area contributed by atoms with E-state index in [0.717, 1.165) is 10.6 Å². The first-order chi connectivity index (χ1) is 13.7. The lowest BCUT2D eigenvalue weighted by Crippen LogP contribution is -2.48. The Balaban J connectivity index is 1.53. The molecule has 3 aromatic rings. The topological polar surface area (TPSA) is 84.4 Å². The molecular formula is C20H18N4O3S. The third kappa shape index (κ3) is 3.59. The van der Waals surface area contributed by atoms with Crippen LogP contribution < -0.4 is 15.0 Å². The van der Waals surface area contributed by atoms with E-state index in [4.69, 9.17) is 4.74 Å². The van der Waals surface area contributed by atoms with E-state index >= 15 is 0 Å². The maximum Gasteiger partial charge on any atom is 0.269 e. The van der Waals surface area contributed by atoms with Crippen molar-refractivity contribution in [1.82, 2.24) is 9.97 Å². The molecule has 1 aromatic carbocycles. The largest absolute Gasteiger partial charge is 0.481 e. The van der Waals surface area contributed by atoms with Gasteiger partial charge in [0, 0.05) is 23.3 Å². The van der Waals surface area contributed by atoms with Gasteiger partial charge in [-0.15, -0.1) is 11.3 Å². The second-order valence-electron chi connectivity index (χ2n) is 6.22. The van der Waals surface area contributed by atoms with Crippen LogP contribution in [0.5, 0.6) is 5.75 Å². The van der Waals surface area contributed by atoms with E-state index in [9.17, 15) is 9.59 Å². The van der Waals surface area contributed by atoms with Gasteiger partial charge >= 0.3 is 0 Å². The van der Waals surface area contributed by atoms with E-state index < -0.39 is 6.10 Å². The number of hydrogen-bond donors (Lipinski definition) is 1. The highest BCUT2D eigenvalue weighted by molar-refractivity contribution is 7.13. The van der Waals surface area contributed by atoms with Crippen LogP contribution in [0.15, 0.2) is 54.2 Å². The summed E-state index contributed by atoms with van der Waals surface area (Å²) in [7, 11) is 0. The molecule has 0 fully saturated rings. The number of anilines is 2. The molecule has 1 unspecified atom stereocenters. The van der Waals surface area contributed by atoms with Gasteiger partial charge in [-0.05, 0) is 42.8 Å². The van der Waals surface area contributed by atoms with Crippen molar-refractivity contribution >= 4 is 34.7 Å². The summed E-state index contributed by atoms with van der Waals surface area (Å²) in [6, 6.07) is 10.9. The molecule has 1 aliphatic heterocycles. The van der Waals surface area contributed by atoms with Crippen LogP contribution in [0.2, 0.25) is 0 Å². The Morgan fingerprint density at radius 3 is 2.79 bits per heavy atom. The van der Waals surface area contributed by atoms with Crippen LogP contribution in [0.1, 0.15) is 13.3 Å². The van der Waals surface area contributed by atoms with Crippen LogP contribution in [0.4, 0.5) is 11.5 Å². The number of carbonyl (C=O) groups excluding carboxylic acids is 2. The summed E-state index contributed by atoms with van der Waals surface area (Å²) in [5.74, 6) is 0.481. The smallest absolute Gasteiger partial charge is 0.269 e. The predicted molar refractivity (Wildman–Crippen MR) is 107 cm³/mol. The van der Waals surface area contributed by atoms with Gasteiger partial charge in [-0.25, -0.2) is 9.97 Å². The Bertz CT molecular complexity index is 989. The number of nitrogens with zero attached hydrogens (tertiary/aromatic N) is 3. The fourth-order valence-electron chi connectivity index (χ4n) is 2.99. The normalized spacial score (nSPS) is 14.2. The number of amides is 2. The van der Waals surface area contributed by atoms with Crippen LogP contribution in [0, 0.1) is 0 Å². The summed E-state index contributed by atoms with van der Waals surface area (Å²) >= 11 is 1.56. The van der Waals surface area contributed by atoms with Crippen LogP contribution in [-0.4, -0.2) is 34.4 Å². The number of hydrogen-bond acceptors (Lipinski definition) is 6. The highest BCUT2D eigenvalue weighted by atomic mass is 32.1. The second kappa shape index (κ2) is 7.77. The molecule has 2 amide bonds. The van der Waals surface area contributed by atoms with Crippen molar-refractivity contribution in [3.05, 3.63) is 54.2 Å². The first-order valence-electron chi connectivity index (χ1n) is 8.88. The van der Waals surface area contributed by atoms with Gasteiger partial charge in [0.25, 0.3) is 5.91 Å². The molecule has 1 aliphatic rings. The molecule has 1 N–H and O–H groups in total. The molecule has 8 heteroatoms. The van der Waals surface area contributed by atoms with Gasteiger partial charge in [-0.3, -0.25) is 14.5 Å².